The zero-order valence-electron chi connectivity index (χ0n) is 12.4. The second kappa shape index (κ2) is 4.93. The Morgan fingerprint density at radius 3 is 2.81 bits per heavy atom. The Balaban J connectivity index is 1.96. The molecule has 2 atom stereocenters. The summed E-state index contributed by atoms with van der Waals surface area (Å²) >= 11 is 0. The zero-order chi connectivity index (χ0) is 15.2. The van der Waals surface area contributed by atoms with Crippen molar-refractivity contribution in [3.05, 3.63) is 34.9 Å². The van der Waals surface area contributed by atoms with Crippen LogP contribution < -0.4 is 5.73 Å². The number of rotatable bonds is 2. The highest BCUT2D eigenvalue weighted by molar-refractivity contribution is 6.09. The lowest BCUT2D eigenvalue weighted by atomic mass is 9.86. The Bertz CT molecular complexity index is 606. The molecule has 3 rings (SSSR count). The molecule has 21 heavy (non-hydrogen) atoms. The molecule has 0 spiro atoms. The molecule has 0 aromatic heterocycles. The highest BCUT2D eigenvalue weighted by Crippen LogP contribution is 2.36. The topological polar surface area (TPSA) is 72.6 Å². The van der Waals surface area contributed by atoms with Crippen LogP contribution in [0.15, 0.2) is 18.2 Å². The molecule has 2 aliphatic heterocycles. The van der Waals surface area contributed by atoms with Crippen molar-refractivity contribution in [2.45, 2.75) is 37.8 Å². The predicted molar refractivity (Wildman–Crippen MR) is 77.8 cm³/mol. The van der Waals surface area contributed by atoms with Gasteiger partial charge in [-0.05, 0) is 37.0 Å². The van der Waals surface area contributed by atoms with Gasteiger partial charge in [0.25, 0.3) is 5.91 Å². The van der Waals surface area contributed by atoms with Crippen LogP contribution in [0.25, 0.3) is 0 Å². The van der Waals surface area contributed by atoms with E-state index in [1.165, 1.54) is 11.9 Å². The van der Waals surface area contributed by atoms with Crippen LogP contribution in [0.1, 0.15) is 47.3 Å². The largest absolute Gasteiger partial charge is 0.373 e. The number of amides is 2. The van der Waals surface area contributed by atoms with E-state index in [0.717, 1.165) is 30.6 Å². The molecule has 2 heterocycles. The first-order chi connectivity index (χ1) is 9.92. The van der Waals surface area contributed by atoms with E-state index in [1.807, 2.05) is 25.1 Å². The Labute approximate surface area is 124 Å². The summed E-state index contributed by atoms with van der Waals surface area (Å²) in [6.45, 7) is 2.74. The van der Waals surface area contributed by atoms with E-state index in [0.29, 0.717) is 5.56 Å². The molecule has 2 aliphatic rings. The van der Waals surface area contributed by atoms with E-state index < -0.39 is 0 Å². The summed E-state index contributed by atoms with van der Waals surface area (Å²) in [7, 11) is 1.52. The van der Waals surface area contributed by atoms with Gasteiger partial charge in [-0.15, -0.1) is 0 Å². The molecule has 1 fully saturated rings. The molecule has 1 aromatic rings. The maximum Gasteiger partial charge on any atom is 0.260 e. The smallest absolute Gasteiger partial charge is 0.260 e. The van der Waals surface area contributed by atoms with E-state index >= 15 is 0 Å². The lowest BCUT2D eigenvalue weighted by molar-refractivity contribution is -0.127. The lowest BCUT2D eigenvalue weighted by Gasteiger charge is -2.32. The van der Waals surface area contributed by atoms with Gasteiger partial charge in [-0.25, -0.2) is 0 Å². The van der Waals surface area contributed by atoms with E-state index in [1.54, 1.807) is 0 Å². The van der Waals surface area contributed by atoms with Gasteiger partial charge in [-0.1, -0.05) is 12.1 Å². The van der Waals surface area contributed by atoms with Crippen molar-refractivity contribution in [2.75, 3.05) is 13.7 Å². The number of carbonyl (C=O) groups excluding carboxylic acids is 2. The molecule has 5 heteroatoms. The molecule has 5 nitrogen and oxygen atoms in total. The van der Waals surface area contributed by atoms with Crippen molar-refractivity contribution in [1.82, 2.24) is 4.90 Å². The monoisotopic (exact) mass is 288 g/mol. The van der Waals surface area contributed by atoms with Crippen molar-refractivity contribution < 1.29 is 14.3 Å². The SMILES string of the molecule is CN1C(=O)Cc2ccc(C(N)C3(C)CCCO3)cc2C1=O. The number of hydrogen-bond acceptors (Lipinski definition) is 4. The molecule has 2 amide bonds. The van der Waals surface area contributed by atoms with Gasteiger partial charge in [-0.3, -0.25) is 14.5 Å². The molecule has 0 saturated carbocycles. The van der Waals surface area contributed by atoms with Gasteiger partial charge in [0.15, 0.2) is 0 Å². The van der Waals surface area contributed by atoms with E-state index in [4.69, 9.17) is 10.5 Å². The Morgan fingerprint density at radius 2 is 2.14 bits per heavy atom. The van der Waals surface area contributed by atoms with Crippen LogP contribution in [0.3, 0.4) is 0 Å². The number of nitrogens with two attached hydrogens (primary N) is 1. The average molecular weight is 288 g/mol. The first kappa shape index (κ1) is 14.2. The summed E-state index contributed by atoms with van der Waals surface area (Å²) in [5, 5.41) is 0. The fourth-order valence-electron chi connectivity index (χ4n) is 3.11. The molecule has 2 N–H and O–H groups in total. The minimum atomic E-state index is -0.381. The van der Waals surface area contributed by atoms with Crippen LogP contribution >= 0.6 is 0 Å². The fraction of sp³-hybridized carbons (Fsp3) is 0.500. The highest BCUT2D eigenvalue weighted by atomic mass is 16.5. The first-order valence-electron chi connectivity index (χ1n) is 7.25. The third kappa shape index (κ3) is 2.26. The second-order valence-corrected chi connectivity index (χ2v) is 6.09. The van der Waals surface area contributed by atoms with E-state index in [9.17, 15) is 9.59 Å². The summed E-state index contributed by atoms with van der Waals surface area (Å²) in [6, 6.07) is 5.28. The van der Waals surface area contributed by atoms with Crippen LogP contribution in [0, 0.1) is 0 Å². The maximum atomic E-state index is 12.2. The van der Waals surface area contributed by atoms with Crippen molar-refractivity contribution >= 4 is 11.8 Å². The summed E-state index contributed by atoms with van der Waals surface area (Å²) in [6.07, 6.45) is 2.18. The molecule has 0 aliphatic carbocycles. The molecular weight excluding hydrogens is 268 g/mol. The molecular formula is C16H20N2O3. The van der Waals surface area contributed by atoms with Crippen LogP contribution in [-0.4, -0.2) is 36.0 Å². The minimum absolute atomic E-state index is 0.171. The first-order valence-corrected chi connectivity index (χ1v) is 7.25. The summed E-state index contributed by atoms with van der Waals surface area (Å²) in [5.41, 5.74) is 8.21. The van der Waals surface area contributed by atoms with Gasteiger partial charge < -0.3 is 10.5 Å². The third-order valence-electron chi connectivity index (χ3n) is 4.65. The standard InChI is InChI=1S/C16H20N2O3/c1-16(6-3-7-21-16)14(17)11-5-4-10-9-13(19)18(2)15(20)12(10)8-11/h4-5,8,14H,3,6-7,9,17H2,1-2H3. The number of likely N-dealkylation sites (N-methyl/N-ethyl adjacent to an activating group) is 1. The number of nitrogens with zero attached hydrogens (tertiary/aromatic N) is 1. The van der Waals surface area contributed by atoms with Crippen molar-refractivity contribution in [2.24, 2.45) is 5.73 Å². The van der Waals surface area contributed by atoms with Gasteiger partial charge in [0, 0.05) is 19.2 Å². The fourth-order valence-corrected chi connectivity index (χ4v) is 3.11. The Kier molecular flexibility index (Phi) is 3.34. The van der Waals surface area contributed by atoms with Crippen LogP contribution in [0.4, 0.5) is 0 Å². The molecule has 112 valence electrons. The van der Waals surface area contributed by atoms with Gasteiger partial charge in [0.05, 0.1) is 18.1 Å². The van der Waals surface area contributed by atoms with Crippen molar-refractivity contribution in [3.63, 3.8) is 0 Å². The van der Waals surface area contributed by atoms with E-state index in [-0.39, 0.29) is 29.9 Å². The summed E-state index contributed by atoms with van der Waals surface area (Å²) in [4.78, 5) is 25.1. The molecule has 0 radical (unpaired) electrons. The quantitative estimate of drug-likeness (QED) is 0.835. The highest BCUT2D eigenvalue weighted by Gasteiger charge is 2.38. The number of carbonyl (C=O) groups is 2. The van der Waals surface area contributed by atoms with Crippen molar-refractivity contribution in [1.29, 1.82) is 0 Å². The van der Waals surface area contributed by atoms with Crippen molar-refractivity contribution in [3.8, 4) is 0 Å². The predicted octanol–water partition coefficient (Wildman–Crippen LogP) is 1.41. The number of benzene rings is 1. The van der Waals surface area contributed by atoms with E-state index in [2.05, 4.69) is 0 Å². The lowest BCUT2D eigenvalue weighted by Crippen LogP contribution is -2.40. The summed E-state index contributed by atoms with van der Waals surface area (Å²) < 4.78 is 5.79. The molecule has 2 unspecified atom stereocenters. The maximum absolute atomic E-state index is 12.2. The normalized spacial score (nSPS) is 26.9. The van der Waals surface area contributed by atoms with Crippen LogP contribution in [0.2, 0.25) is 0 Å². The number of hydrogen-bond donors (Lipinski definition) is 1. The minimum Gasteiger partial charge on any atom is -0.373 e. The van der Waals surface area contributed by atoms with Gasteiger partial charge >= 0.3 is 0 Å². The van der Waals surface area contributed by atoms with Gasteiger partial charge in [-0.2, -0.15) is 0 Å². The molecule has 1 aromatic carbocycles. The van der Waals surface area contributed by atoms with Crippen LogP contribution in [0.5, 0.6) is 0 Å². The average Bonchev–Trinajstić information content (AvgIpc) is 2.92. The molecule has 1 saturated heterocycles. The van der Waals surface area contributed by atoms with Crippen LogP contribution in [-0.2, 0) is 16.0 Å². The number of ether oxygens (including phenoxy) is 1. The Morgan fingerprint density at radius 1 is 1.38 bits per heavy atom. The van der Waals surface area contributed by atoms with Gasteiger partial charge in [0.1, 0.15) is 0 Å². The number of imide groups is 1. The Hall–Kier alpha value is -1.72. The second-order valence-electron chi connectivity index (χ2n) is 6.09. The summed E-state index contributed by atoms with van der Waals surface area (Å²) in [5.74, 6) is -0.427. The van der Waals surface area contributed by atoms with Gasteiger partial charge in [0.2, 0.25) is 5.91 Å². The third-order valence-corrected chi connectivity index (χ3v) is 4.65. The number of fused-ring (bicyclic) bond motifs is 1. The zero-order valence-corrected chi connectivity index (χ0v) is 12.4. The molecule has 0 bridgehead atoms.